The fourth-order valence-electron chi connectivity index (χ4n) is 0.721. The highest BCUT2D eigenvalue weighted by molar-refractivity contribution is 5.87. The van der Waals surface area contributed by atoms with Gasteiger partial charge in [0.05, 0.1) is 6.54 Å². The molecule has 0 aliphatic carbocycles. The number of primary amides is 1. The molecule has 0 fully saturated rings. The topological polar surface area (TPSA) is 94.0 Å². The zero-order valence-corrected chi connectivity index (χ0v) is 7.57. The lowest BCUT2D eigenvalue weighted by Gasteiger charge is -2.02. The number of amides is 1. The molecule has 72 valence electrons. The lowest BCUT2D eigenvalue weighted by atomic mass is 10.4. The van der Waals surface area contributed by atoms with Crippen LogP contribution in [0, 0.1) is 0 Å². The van der Waals surface area contributed by atoms with E-state index in [1.807, 2.05) is 13.8 Å². The number of hydrogen-bond acceptors (Lipinski definition) is 5. The summed E-state index contributed by atoms with van der Waals surface area (Å²) in [4.78, 5) is 14.3. The fourth-order valence-corrected chi connectivity index (χ4v) is 0.721. The second kappa shape index (κ2) is 3.99. The van der Waals surface area contributed by atoms with E-state index in [2.05, 4.69) is 20.0 Å². The maximum Gasteiger partial charge on any atom is 0.315 e. The second-order valence-electron chi connectivity index (χ2n) is 2.92. The highest BCUT2D eigenvalue weighted by atomic mass is 16.5. The highest BCUT2D eigenvalue weighted by Crippen LogP contribution is 1.95. The predicted octanol–water partition coefficient (Wildman–Crippen LogP) is -0.334. The van der Waals surface area contributed by atoms with Crippen LogP contribution in [-0.2, 0) is 6.54 Å². The molecule has 0 aliphatic rings. The minimum Gasteiger partial charge on any atom is -0.361 e. The number of nitrogens with two attached hydrogens (primary N) is 1. The summed E-state index contributed by atoms with van der Waals surface area (Å²) in [7, 11) is 0. The number of hydrogen-bond donors (Lipinski definition) is 2. The van der Waals surface area contributed by atoms with Crippen LogP contribution in [0.15, 0.2) is 4.52 Å². The minimum atomic E-state index is -0.705. The molecular weight excluding hydrogens is 172 g/mol. The lowest BCUT2D eigenvalue weighted by molar-refractivity contribution is 0.0958. The van der Waals surface area contributed by atoms with Crippen molar-refractivity contribution in [3.05, 3.63) is 11.7 Å². The van der Waals surface area contributed by atoms with E-state index in [9.17, 15) is 4.79 Å². The molecule has 1 heterocycles. The van der Waals surface area contributed by atoms with Gasteiger partial charge in [0, 0.05) is 6.04 Å². The van der Waals surface area contributed by atoms with Crippen molar-refractivity contribution in [2.75, 3.05) is 0 Å². The molecule has 0 spiro atoms. The standard InChI is InChI=1S/C7H12N4O2/c1-4(2)9-3-5-10-7(6(8)12)13-11-5/h4,9H,3H2,1-2H3,(H2,8,12). The van der Waals surface area contributed by atoms with Crippen LogP contribution in [0.1, 0.15) is 30.4 Å². The Morgan fingerprint density at radius 2 is 2.38 bits per heavy atom. The number of carbonyl (C=O) groups excluding carboxylic acids is 1. The largest absolute Gasteiger partial charge is 0.361 e. The SMILES string of the molecule is CC(C)NCc1noc(C(N)=O)n1. The van der Waals surface area contributed by atoms with Crippen molar-refractivity contribution in [1.82, 2.24) is 15.5 Å². The average Bonchev–Trinajstić information content (AvgIpc) is 2.48. The van der Waals surface area contributed by atoms with Crippen molar-refractivity contribution < 1.29 is 9.32 Å². The van der Waals surface area contributed by atoms with Gasteiger partial charge in [-0.15, -0.1) is 0 Å². The van der Waals surface area contributed by atoms with Gasteiger partial charge in [0.1, 0.15) is 0 Å². The second-order valence-corrected chi connectivity index (χ2v) is 2.92. The number of nitrogens with zero attached hydrogens (tertiary/aromatic N) is 2. The van der Waals surface area contributed by atoms with E-state index in [-0.39, 0.29) is 5.89 Å². The zero-order chi connectivity index (χ0) is 9.84. The summed E-state index contributed by atoms with van der Waals surface area (Å²) < 4.78 is 4.58. The summed E-state index contributed by atoms with van der Waals surface area (Å²) in [5.41, 5.74) is 4.93. The molecule has 0 saturated heterocycles. The van der Waals surface area contributed by atoms with Crippen molar-refractivity contribution in [2.24, 2.45) is 5.73 Å². The van der Waals surface area contributed by atoms with Crippen molar-refractivity contribution in [1.29, 1.82) is 0 Å². The van der Waals surface area contributed by atoms with Gasteiger partial charge < -0.3 is 15.6 Å². The van der Waals surface area contributed by atoms with E-state index in [4.69, 9.17) is 5.73 Å². The van der Waals surface area contributed by atoms with Crippen LogP contribution in [0.25, 0.3) is 0 Å². The molecule has 6 nitrogen and oxygen atoms in total. The molecule has 1 aromatic heterocycles. The predicted molar refractivity (Wildman–Crippen MR) is 44.8 cm³/mol. The van der Waals surface area contributed by atoms with Crippen molar-refractivity contribution in [3.63, 3.8) is 0 Å². The van der Waals surface area contributed by atoms with Crippen LogP contribution < -0.4 is 11.1 Å². The third kappa shape index (κ3) is 2.83. The Morgan fingerprint density at radius 1 is 1.69 bits per heavy atom. The normalized spacial score (nSPS) is 10.7. The smallest absolute Gasteiger partial charge is 0.315 e. The summed E-state index contributed by atoms with van der Waals surface area (Å²) >= 11 is 0. The molecule has 6 heteroatoms. The van der Waals surface area contributed by atoms with Crippen LogP contribution in [0.5, 0.6) is 0 Å². The van der Waals surface area contributed by atoms with Gasteiger partial charge in [-0.1, -0.05) is 19.0 Å². The average molecular weight is 184 g/mol. The highest BCUT2D eigenvalue weighted by Gasteiger charge is 2.10. The minimum absolute atomic E-state index is 0.152. The zero-order valence-electron chi connectivity index (χ0n) is 7.57. The van der Waals surface area contributed by atoms with E-state index in [1.165, 1.54) is 0 Å². The maximum absolute atomic E-state index is 10.6. The third-order valence-electron chi connectivity index (χ3n) is 1.35. The first-order valence-electron chi connectivity index (χ1n) is 3.95. The summed E-state index contributed by atoms with van der Waals surface area (Å²) in [6, 6.07) is 0.329. The molecule has 1 rings (SSSR count). The third-order valence-corrected chi connectivity index (χ3v) is 1.35. The Bertz CT molecular complexity index is 294. The van der Waals surface area contributed by atoms with Gasteiger partial charge in [-0.25, -0.2) is 0 Å². The van der Waals surface area contributed by atoms with Crippen molar-refractivity contribution in [3.8, 4) is 0 Å². The maximum atomic E-state index is 10.6. The Balaban J connectivity index is 2.54. The van der Waals surface area contributed by atoms with Gasteiger partial charge in [-0.3, -0.25) is 4.79 Å². The van der Waals surface area contributed by atoms with Crippen LogP contribution in [0.2, 0.25) is 0 Å². The van der Waals surface area contributed by atoms with Crippen molar-refractivity contribution >= 4 is 5.91 Å². The van der Waals surface area contributed by atoms with Crippen LogP contribution in [-0.4, -0.2) is 22.1 Å². The molecule has 13 heavy (non-hydrogen) atoms. The number of rotatable bonds is 4. The van der Waals surface area contributed by atoms with E-state index < -0.39 is 5.91 Å². The summed E-state index contributed by atoms with van der Waals surface area (Å²) in [5, 5.41) is 6.64. The van der Waals surface area contributed by atoms with E-state index in [0.717, 1.165) is 0 Å². The molecule has 1 amide bonds. The van der Waals surface area contributed by atoms with E-state index >= 15 is 0 Å². The molecule has 0 aromatic carbocycles. The Morgan fingerprint density at radius 3 is 2.85 bits per heavy atom. The first-order chi connectivity index (χ1) is 6.09. The Hall–Kier alpha value is -1.43. The quantitative estimate of drug-likeness (QED) is 0.668. The van der Waals surface area contributed by atoms with Gasteiger partial charge in [-0.2, -0.15) is 4.98 Å². The summed E-state index contributed by atoms with van der Waals surface area (Å²) in [6.07, 6.45) is 0. The van der Waals surface area contributed by atoms with Gasteiger partial charge >= 0.3 is 11.8 Å². The summed E-state index contributed by atoms with van der Waals surface area (Å²) in [6.45, 7) is 4.46. The van der Waals surface area contributed by atoms with Gasteiger partial charge in [0.25, 0.3) is 0 Å². The van der Waals surface area contributed by atoms with Gasteiger partial charge in [-0.05, 0) is 0 Å². The van der Waals surface area contributed by atoms with Crippen LogP contribution in [0.4, 0.5) is 0 Å². The molecule has 0 atom stereocenters. The molecule has 3 N–H and O–H groups in total. The van der Waals surface area contributed by atoms with Crippen LogP contribution in [0.3, 0.4) is 0 Å². The van der Waals surface area contributed by atoms with Crippen molar-refractivity contribution in [2.45, 2.75) is 26.4 Å². The van der Waals surface area contributed by atoms with E-state index in [1.54, 1.807) is 0 Å². The lowest BCUT2D eigenvalue weighted by Crippen LogP contribution is -2.22. The monoisotopic (exact) mass is 184 g/mol. The Kier molecular flexibility index (Phi) is 2.97. The molecule has 1 aromatic rings. The van der Waals surface area contributed by atoms with Crippen LogP contribution >= 0.6 is 0 Å². The van der Waals surface area contributed by atoms with E-state index in [0.29, 0.717) is 18.4 Å². The first kappa shape index (κ1) is 9.66. The fraction of sp³-hybridized carbons (Fsp3) is 0.571. The molecule has 0 saturated carbocycles. The number of nitrogens with one attached hydrogen (secondary N) is 1. The first-order valence-corrected chi connectivity index (χ1v) is 3.95. The number of carbonyl (C=O) groups is 1. The molecule has 0 bridgehead atoms. The Labute approximate surface area is 75.5 Å². The molecular formula is C7H12N4O2. The molecule has 0 radical (unpaired) electrons. The van der Waals surface area contributed by atoms with Gasteiger partial charge in [0.2, 0.25) is 0 Å². The van der Waals surface area contributed by atoms with Gasteiger partial charge in [0.15, 0.2) is 5.82 Å². The summed E-state index contributed by atoms with van der Waals surface area (Å²) in [5.74, 6) is -0.425. The number of aromatic nitrogens is 2. The molecule has 0 unspecified atom stereocenters. The molecule has 0 aliphatic heterocycles.